The standard InChI is InChI=1S/C7H6O.C6H14O2.C3H6/c8-6-7-4-2-1-3-5-7;1-4-7-6(3)8-5-2;1-3-2/h1-6H;6H,4-5H2,1-3H3;3H,1H2,2H3. The minimum Gasteiger partial charge on any atom is -0.353 e. The van der Waals surface area contributed by atoms with E-state index < -0.39 is 0 Å². The van der Waals surface area contributed by atoms with Crippen molar-refractivity contribution in [2.45, 2.75) is 34.0 Å². The Kier molecular flexibility index (Phi) is 17.3. The van der Waals surface area contributed by atoms with Gasteiger partial charge in [-0.05, 0) is 27.7 Å². The third-order valence-electron chi connectivity index (χ3n) is 1.74. The number of ether oxygens (including phenoxy) is 2. The molecule has 0 amide bonds. The van der Waals surface area contributed by atoms with E-state index in [1.807, 2.05) is 45.9 Å². The third kappa shape index (κ3) is 16.6. The molecule has 108 valence electrons. The maximum atomic E-state index is 10.0. The summed E-state index contributed by atoms with van der Waals surface area (Å²) in [6.45, 7) is 12.5. The Morgan fingerprint density at radius 3 is 1.84 bits per heavy atom. The van der Waals surface area contributed by atoms with Crippen LogP contribution in [0.5, 0.6) is 0 Å². The SMILES string of the molecule is C=CC.CCOC(C)OCC.O=Cc1ccccc1. The molecule has 0 saturated heterocycles. The van der Waals surface area contributed by atoms with Crippen LogP contribution in [0.25, 0.3) is 0 Å². The zero-order valence-electron chi connectivity index (χ0n) is 12.5. The van der Waals surface area contributed by atoms with E-state index in [-0.39, 0.29) is 6.29 Å². The number of hydrogen-bond acceptors (Lipinski definition) is 3. The first kappa shape index (κ1) is 19.9. The van der Waals surface area contributed by atoms with Gasteiger partial charge in [-0.3, -0.25) is 4.79 Å². The lowest BCUT2D eigenvalue weighted by Gasteiger charge is -2.09. The summed E-state index contributed by atoms with van der Waals surface area (Å²) in [5.41, 5.74) is 0.729. The second-order valence-corrected chi connectivity index (χ2v) is 3.42. The predicted octanol–water partition coefficient (Wildman–Crippen LogP) is 4.10. The largest absolute Gasteiger partial charge is 0.353 e. The summed E-state index contributed by atoms with van der Waals surface area (Å²) >= 11 is 0. The van der Waals surface area contributed by atoms with Gasteiger partial charge in [0.05, 0.1) is 0 Å². The Morgan fingerprint density at radius 1 is 1.16 bits per heavy atom. The van der Waals surface area contributed by atoms with E-state index in [0.29, 0.717) is 0 Å². The summed E-state index contributed by atoms with van der Waals surface area (Å²) in [5.74, 6) is 0. The van der Waals surface area contributed by atoms with Crippen molar-refractivity contribution in [2.24, 2.45) is 0 Å². The molecule has 1 aromatic carbocycles. The van der Waals surface area contributed by atoms with Gasteiger partial charge in [-0.1, -0.05) is 36.4 Å². The first-order valence-corrected chi connectivity index (χ1v) is 6.46. The molecule has 0 N–H and O–H groups in total. The Morgan fingerprint density at radius 2 is 1.58 bits per heavy atom. The molecule has 0 atom stereocenters. The molecule has 3 nitrogen and oxygen atoms in total. The highest BCUT2D eigenvalue weighted by molar-refractivity contribution is 5.74. The van der Waals surface area contributed by atoms with Crippen LogP contribution in [0.3, 0.4) is 0 Å². The number of benzene rings is 1. The van der Waals surface area contributed by atoms with E-state index in [2.05, 4.69) is 6.58 Å². The van der Waals surface area contributed by atoms with Gasteiger partial charge in [-0.15, -0.1) is 6.58 Å². The van der Waals surface area contributed by atoms with Crippen molar-refractivity contribution < 1.29 is 14.3 Å². The smallest absolute Gasteiger partial charge is 0.154 e. The zero-order valence-corrected chi connectivity index (χ0v) is 12.5. The van der Waals surface area contributed by atoms with Gasteiger partial charge in [0, 0.05) is 18.8 Å². The number of aldehydes is 1. The van der Waals surface area contributed by atoms with E-state index in [0.717, 1.165) is 25.1 Å². The van der Waals surface area contributed by atoms with Crippen LogP contribution >= 0.6 is 0 Å². The average Bonchev–Trinajstić information content (AvgIpc) is 2.42. The summed E-state index contributed by atoms with van der Waals surface area (Å²) in [6, 6.07) is 9.10. The molecule has 1 aromatic rings. The highest BCUT2D eigenvalue weighted by atomic mass is 16.7. The fraction of sp³-hybridized carbons (Fsp3) is 0.438. The third-order valence-corrected chi connectivity index (χ3v) is 1.74. The molecule has 0 aliphatic heterocycles. The normalized spacial score (nSPS) is 8.68. The van der Waals surface area contributed by atoms with Crippen molar-refractivity contribution in [1.29, 1.82) is 0 Å². The quantitative estimate of drug-likeness (QED) is 0.457. The maximum Gasteiger partial charge on any atom is 0.154 e. The minimum atomic E-state index is -0.0370. The lowest BCUT2D eigenvalue weighted by atomic mass is 10.2. The van der Waals surface area contributed by atoms with E-state index in [4.69, 9.17) is 9.47 Å². The van der Waals surface area contributed by atoms with Crippen molar-refractivity contribution in [3.05, 3.63) is 48.6 Å². The fourth-order valence-electron chi connectivity index (χ4n) is 1.05. The Balaban J connectivity index is 0. The molecule has 0 aliphatic rings. The molecule has 0 saturated carbocycles. The predicted molar refractivity (Wildman–Crippen MR) is 80.4 cm³/mol. The number of hydrogen-bond donors (Lipinski definition) is 0. The molecule has 3 heteroatoms. The Bertz CT molecular complexity index is 290. The summed E-state index contributed by atoms with van der Waals surface area (Å²) in [6.07, 6.45) is 2.55. The van der Waals surface area contributed by atoms with Gasteiger partial charge in [0.2, 0.25) is 0 Å². The fourth-order valence-corrected chi connectivity index (χ4v) is 1.05. The van der Waals surface area contributed by atoms with E-state index in [9.17, 15) is 4.79 Å². The molecule has 0 aliphatic carbocycles. The van der Waals surface area contributed by atoms with Crippen molar-refractivity contribution in [2.75, 3.05) is 13.2 Å². The molecule has 0 heterocycles. The van der Waals surface area contributed by atoms with E-state index in [1.54, 1.807) is 18.2 Å². The van der Waals surface area contributed by atoms with Gasteiger partial charge in [0.25, 0.3) is 0 Å². The van der Waals surface area contributed by atoms with Crippen LogP contribution in [0.15, 0.2) is 43.0 Å². The average molecular weight is 266 g/mol. The monoisotopic (exact) mass is 266 g/mol. The first-order chi connectivity index (χ1) is 9.15. The van der Waals surface area contributed by atoms with Crippen LogP contribution < -0.4 is 0 Å². The molecule has 0 spiro atoms. The maximum absolute atomic E-state index is 10.0. The second kappa shape index (κ2) is 16.6. The van der Waals surface area contributed by atoms with E-state index >= 15 is 0 Å². The van der Waals surface area contributed by atoms with E-state index in [1.165, 1.54) is 0 Å². The molecule has 19 heavy (non-hydrogen) atoms. The molecule has 0 fully saturated rings. The highest BCUT2D eigenvalue weighted by Crippen LogP contribution is 1.91. The molecule has 0 radical (unpaired) electrons. The van der Waals surface area contributed by atoms with Crippen LogP contribution in [0.2, 0.25) is 0 Å². The topological polar surface area (TPSA) is 35.5 Å². The summed E-state index contributed by atoms with van der Waals surface area (Å²) in [5, 5.41) is 0. The lowest BCUT2D eigenvalue weighted by Crippen LogP contribution is -2.11. The number of carbonyl (C=O) groups is 1. The van der Waals surface area contributed by atoms with Gasteiger partial charge in [-0.25, -0.2) is 0 Å². The minimum absolute atomic E-state index is 0.0370. The van der Waals surface area contributed by atoms with Gasteiger partial charge >= 0.3 is 0 Å². The first-order valence-electron chi connectivity index (χ1n) is 6.46. The van der Waals surface area contributed by atoms with Crippen LogP contribution in [0, 0.1) is 0 Å². The number of allylic oxidation sites excluding steroid dienone is 1. The van der Waals surface area contributed by atoms with Gasteiger partial charge < -0.3 is 9.47 Å². The van der Waals surface area contributed by atoms with Gasteiger partial charge in [0.15, 0.2) is 6.29 Å². The van der Waals surface area contributed by atoms with Gasteiger partial charge in [-0.2, -0.15) is 0 Å². The Hall–Kier alpha value is -1.45. The van der Waals surface area contributed by atoms with Crippen molar-refractivity contribution in [3.63, 3.8) is 0 Å². The summed E-state index contributed by atoms with van der Waals surface area (Å²) in [4.78, 5) is 10.0. The molecular weight excluding hydrogens is 240 g/mol. The van der Waals surface area contributed by atoms with Crippen molar-refractivity contribution in [3.8, 4) is 0 Å². The van der Waals surface area contributed by atoms with Gasteiger partial charge in [0.1, 0.15) is 6.29 Å². The Labute approximate surface area is 117 Å². The number of rotatable bonds is 5. The lowest BCUT2D eigenvalue weighted by molar-refractivity contribution is -0.123. The molecule has 1 rings (SSSR count). The summed E-state index contributed by atoms with van der Waals surface area (Å²) < 4.78 is 10.1. The van der Waals surface area contributed by atoms with Crippen molar-refractivity contribution >= 4 is 6.29 Å². The molecule has 0 unspecified atom stereocenters. The molecular formula is C16H26O3. The number of carbonyl (C=O) groups excluding carboxylic acids is 1. The van der Waals surface area contributed by atoms with Crippen LogP contribution in [-0.2, 0) is 9.47 Å². The molecule has 0 aromatic heterocycles. The highest BCUT2D eigenvalue weighted by Gasteiger charge is 1.94. The molecule has 0 bridgehead atoms. The second-order valence-electron chi connectivity index (χ2n) is 3.42. The van der Waals surface area contributed by atoms with Crippen molar-refractivity contribution in [1.82, 2.24) is 0 Å². The van der Waals surface area contributed by atoms with Crippen LogP contribution in [0.1, 0.15) is 38.1 Å². The van der Waals surface area contributed by atoms with Crippen LogP contribution in [0.4, 0.5) is 0 Å². The summed E-state index contributed by atoms with van der Waals surface area (Å²) in [7, 11) is 0. The zero-order chi connectivity index (χ0) is 14.9. The van der Waals surface area contributed by atoms with Crippen LogP contribution in [-0.4, -0.2) is 25.8 Å².